The number of aromatic nitrogens is 2. The van der Waals surface area contributed by atoms with Gasteiger partial charge in [-0.25, -0.2) is 4.79 Å². The second-order valence-electron chi connectivity index (χ2n) is 5.78. The van der Waals surface area contributed by atoms with Crippen molar-refractivity contribution in [1.29, 1.82) is 0 Å². The standard InChI is InChI=1S/C14H20N2O3S/c1-9-12(13(17)18)10(2)16(15-9)11-3-5-19-14(7-11)4-6-20-8-14/h11H,3-8H2,1-2H3,(H,17,18). The molecule has 2 unspecified atom stereocenters. The van der Waals surface area contributed by atoms with Gasteiger partial charge in [0.2, 0.25) is 0 Å². The van der Waals surface area contributed by atoms with Gasteiger partial charge in [0.25, 0.3) is 0 Å². The van der Waals surface area contributed by atoms with Crippen molar-refractivity contribution in [3.05, 3.63) is 17.0 Å². The van der Waals surface area contributed by atoms with Gasteiger partial charge in [-0.15, -0.1) is 0 Å². The molecule has 0 amide bonds. The fraction of sp³-hybridized carbons (Fsp3) is 0.714. The second kappa shape index (κ2) is 5.07. The van der Waals surface area contributed by atoms with Crippen LogP contribution in [0, 0.1) is 13.8 Å². The molecular weight excluding hydrogens is 276 g/mol. The molecule has 0 bridgehead atoms. The largest absolute Gasteiger partial charge is 0.478 e. The van der Waals surface area contributed by atoms with Gasteiger partial charge in [-0.1, -0.05) is 0 Å². The van der Waals surface area contributed by atoms with E-state index in [0.717, 1.165) is 43.1 Å². The van der Waals surface area contributed by atoms with Crippen LogP contribution >= 0.6 is 11.8 Å². The van der Waals surface area contributed by atoms with Gasteiger partial charge in [0.1, 0.15) is 5.56 Å². The molecular formula is C14H20N2O3S. The van der Waals surface area contributed by atoms with Crippen LogP contribution in [-0.2, 0) is 4.74 Å². The number of carboxylic acid groups (broad SMARTS) is 1. The zero-order valence-corrected chi connectivity index (χ0v) is 12.7. The Morgan fingerprint density at radius 1 is 1.55 bits per heavy atom. The predicted molar refractivity (Wildman–Crippen MR) is 77.6 cm³/mol. The quantitative estimate of drug-likeness (QED) is 0.908. The predicted octanol–water partition coefficient (Wildman–Crippen LogP) is 2.43. The number of rotatable bonds is 2. The first-order valence-corrected chi connectivity index (χ1v) is 8.19. The van der Waals surface area contributed by atoms with E-state index < -0.39 is 5.97 Å². The van der Waals surface area contributed by atoms with Crippen LogP contribution in [0.5, 0.6) is 0 Å². The van der Waals surface area contributed by atoms with E-state index in [0.29, 0.717) is 11.3 Å². The van der Waals surface area contributed by atoms with Crippen molar-refractivity contribution in [3.63, 3.8) is 0 Å². The number of aryl methyl sites for hydroxylation is 1. The number of carboxylic acids is 1. The zero-order chi connectivity index (χ0) is 14.3. The summed E-state index contributed by atoms with van der Waals surface area (Å²) < 4.78 is 7.95. The van der Waals surface area contributed by atoms with E-state index in [2.05, 4.69) is 5.10 Å². The summed E-state index contributed by atoms with van der Waals surface area (Å²) in [5.74, 6) is 1.32. The van der Waals surface area contributed by atoms with Crippen molar-refractivity contribution in [1.82, 2.24) is 9.78 Å². The van der Waals surface area contributed by atoms with Crippen molar-refractivity contribution < 1.29 is 14.6 Å². The lowest BCUT2D eigenvalue weighted by Crippen LogP contribution is -2.41. The highest BCUT2D eigenvalue weighted by atomic mass is 32.2. The summed E-state index contributed by atoms with van der Waals surface area (Å²) in [4.78, 5) is 11.3. The van der Waals surface area contributed by atoms with Crippen LogP contribution in [0.3, 0.4) is 0 Å². The van der Waals surface area contributed by atoms with Crippen molar-refractivity contribution in [2.24, 2.45) is 0 Å². The molecule has 2 saturated heterocycles. The topological polar surface area (TPSA) is 64.4 Å². The van der Waals surface area contributed by atoms with Crippen LogP contribution in [0.4, 0.5) is 0 Å². The van der Waals surface area contributed by atoms with Gasteiger partial charge < -0.3 is 9.84 Å². The van der Waals surface area contributed by atoms with Gasteiger partial charge in [0.05, 0.1) is 23.0 Å². The van der Waals surface area contributed by atoms with Gasteiger partial charge in [-0.05, 0) is 38.9 Å². The summed E-state index contributed by atoms with van der Waals surface area (Å²) in [5, 5.41) is 13.8. The Morgan fingerprint density at radius 3 is 2.95 bits per heavy atom. The average Bonchev–Trinajstić information content (AvgIpc) is 2.95. The molecule has 2 atom stereocenters. The van der Waals surface area contributed by atoms with Crippen LogP contribution in [0.25, 0.3) is 0 Å². The summed E-state index contributed by atoms with van der Waals surface area (Å²) in [5.41, 5.74) is 1.72. The van der Waals surface area contributed by atoms with Crippen LogP contribution in [-0.4, -0.2) is 44.6 Å². The van der Waals surface area contributed by atoms with E-state index in [4.69, 9.17) is 4.74 Å². The van der Waals surface area contributed by atoms with Gasteiger partial charge in [0, 0.05) is 12.4 Å². The van der Waals surface area contributed by atoms with Crippen LogP contribution in [0.2, 0.25) is 0 Å². The van der Waals surface area contributed by atoms with E-state index in [-0.39, 0.29) is 11.6 Å². The van der Waals surface area contributed by atoms with Gasteiger partial charge >= 0.3 is 5.97 Å². The third-order valence-electron chi connectivity index (χ3n) is 4.42. The third-order valence-corrected chi connectivity index (χ3v) is 5.64. The number of carbonyl (C=O) groups is 1. The minimum Gasteiger partial charge on any atom is -0.478 e. The fourth-order valence-electron chi connectivity index (χ4n) is 3.40. The molecule has 3 rings (SSSR count). The smallest absolute Gasteiger partial charge is 0.339 e. The monoisotopic (exact) mass is 296 g/mol. The lowest BCUT2D eigenvalue weighted by atomic mass is 9.90. The maximum Gasteiger partial charge on any atom is 0.339 e. The summed E-state index contributed by atoms with van der Waals surface area (Å²) in [6.45, 7) is 4.37. The second-order valence-corrected chi connectivity index (χ2v) is 6.88. The Morgan fingerprint density at radius 2 is 2.35 bits per heavy atom. The van der Waals surface area contributed by atoms with E-state index in [1.807, 2.05) is 23.4 Å². The number of nitrogens with zero attached hydrogens (tertiary/aromatic N) is 2. The molecule has 1 spiro atoms. The maximum atomic E-state index is 11.3. The first kappa shape index (κ1) is 13.9. The summed E-state index contributed by atoms with van der Waals surface area (Å²) in [7, 11) is 0. The normalized spacial score (nSPS) is 30.0. The minimum absolute atomic E-state index is 0.0106. The zero-order valence-electron chi connectivity index (χ0n) is 11.9. The van der Waals surface area contributed by atoms with Crippen molar-refractivity contribution in [2.45, 2.75) is 44.8 Å². The molecule has 110 valence electrons. The molecule has 1 aromatic rings. The Balaban J connectivity index is 1.89. The molecule has 0 saturated carbocycles. The van der Waals surface area contributed by atoms with E-state index in [9.17, 15) is 9.90 Å². The molecule has 2 aliphatic rings. The molecule has 2 aliphatic heterocycles. The number of aromatic carboxylic acids is 1. The molecule has 0 radical (unpaired) electrons. The average molecular weight is 296 g/mol. The Bertz CT molecular complexity index is 535. The van der Waals surface area contributed by atoms with Gasteiger partial charge in [0.15, 0.2) is 0 Å². The molecule has 5 nitrogen and oxygen atoms in total. The number of hydrogen-bond donors (Lipinski definition) is 1. The van der Waals surface area contributed by atoms with E-state index in [1.165, 1.54) is 0 Å². The van der Waals surface area contributed by atoms with E-state index >= 15 is 0 Å². The van der Waals surface area contributed by atoms with Gasteiger partial charge in [-0.3, -0.25) is 4.68 Å². The summed E-state index contributed by atoms with van der Waals surface area (Å²) in [6.07, 6.45) is 2.95. The van der Waals surface area contributed by atoms with Crippen LogP contribution < -0.4 is 0 Å². The summed E-state index contributed by atoms with van der Waals surface area (Å²) >= 11 is 1.95. The maximum absolute atomic E-state index is 11.3. The highest BCUT2D eigenvalue weighted by Gasteiger charge is 2.41. The molecule has 1 N–H and O–H groups in total. The first-order valence-electron chi connectivity index (χ1n) is 7.03. The lowest BCUT2D eigenvalue weighted by Gasteiger charge is -2.38. The fourth-order valence-corrected chi connectivity index (χ4v) is 4.78. The Kier molecular flexibility index (Phi) is 3.54. The van der Waals surface area contributed by atoms with Crippen molar-refractivity contribution >= 4 is 17.7 Å². The Hall–Kier alpha value is -1.01. The molecule has 0 aliphatic carbocycles. The molecule has 6 heteroatoms. The molecule has 1 aromatic heterocycles. The number of thioether (sulfide) groups is 1. The molecule has 0 aromatic carbocycles. The minimum atomic E-state index is -0.885. The highest BCUT2D eigenvalue weighted by molar-refractivity contribution is 7.99. The SMILES string of the molecule is Cc1nn(C2CCOC3(CCSC3)C2)c(C)c1C(=O)O. The third kappa shape index (κ3) is 2.24. The summed E-state index contributed by atoms with van der Waals surface area (Å²) in [6, 6.07) is 0.259. The lowest BCUT2D eigenvalue weighted by molar-refractivity contribution is -0.0781. The van der Waals surface area contributed by atoms with Crippen LogP contribution in [0.15, 0.2) is 0 Å². The van der Waals surface area contributed by atoms with Crippen molar-refractivity contribution in [2.75, 3.05) is 18.1 Å². The number of hydrogen-bond acceptors (Lipinski definition) is 4. The highest BCUT2D eigenvalue weighted by Crippen LogP contribution is 2.42. The first-order chi connectivity index (χ1) is 9.52. The molecule has 2 fully saturated rings. The van der Waals surface area contributed by atoms with Gasteiger partial charge in [-0.2, -0.15) is 16.9 Å². The van der Waals surface area contributed by atoms with Crippen LogP contribution in [0.1, 0.15) is 47.1 Å². The molecule has 20 heavy (non-hydrogen) atoms. The number of ether oxygens (including phenoxy) is 1. The van der Waals surface area contributed by atoms with E-state index in [1.54, 1.807) is 6.92 Å². The molecule has 3 heterocycles. The van der Waals surface area contributed by atoms with Crippen molar-refractivity contribution in [3.8, 4) is 0 Å². The Labute approximate surface area is 122 Å².